The zero-order valence-electron chi connectivity index (χ0n) is 15.8. The number of carbonyl (C=O) groups is 1. The lowest BCUT2D eigenvalue weighted by Crippen LogP contribution is -2.19. The second-order valence-electron chi connectivity index (χ2n) is 6.72. The average molecular weight is 395 g/mol. The van der Waals surface area contributed by atoms with E-state index in [9.17, 15) is 4.79 Å². The summed E-state index contributed by atoms with van der Waals surface area (Å²) in [4.78, 5) is 20.0. The first kappa shape index (κ1) is 17.7. The van der Waals surface area contributed by atoms with Gasteiger partial charge in [-0.15, -0.1) is 0 Å². The highest BCUT2D eigenvalue weighted by molar-refractivity contribution is 6.00. The minimum Gasteiger partial charge on any atom is -0.351 e. The quantitative estimate of drug-likeness (QED) is 0.373. The van der Waals surface area contributed by atoms with Gasteiger partial charge in [-0.3, -0.25) is 0 Å². The molecule has 0 saturated carbocycles. The van der Waals surface area contributed by atoms with Crippen LogP contribution >= 0.6 is 0 Å². The van der Waals surface area contributed by atoms with Gasteiger partial charge in [0.25, 0.3) is 5.89 Å². The van der Waals surface area contributed by atoms with Crippen molar-refractivity contribution >= 4 is 28.3 Å². The molecule has 3 aromatic carbocycles. The Morgan fingerprint density at radius 1 is 0.833 bits per heavy atom. The second kappa shape index (κ2) is 7.56. The van der Waals surface area contributed by atoms with Crippen molar-refractivity contribution in [3.8, 4) is 23.0 Å². The van der Waals surface area contributed by atoms with E-state index in [4.69, 9.17) is 4.52 Å². The first-order valence-electron chi connectivity index (χ1n) is 9.40. The van der Waals surface area contributed by atoms with Gasteiger partial charge in [-0.2, -0.15) is 4.98 Å². The van der Waals surface area contributed by atoms with Gasteiger partial charge in [-0.25, -0.2) is 4.79 Å². The molecule has 0 spiro atoms. The first-order chi connectivity index (χ1) is 14.7. The number of hydrogen-bond acceptors (Lipinski definition) is 4. The fourth-order valence-electron chi connectivity index (χ4n) is 3.19. The van der Waals surface area contributed by atoms with Gasteiger partial charge in [0.2, 0.25) is 5.82 Å². The number of amides is 2. The number of carbonyl (C=O) groups excluding carboxylic acids is 1. The van der Waals surface area contributed by atoms with E-state index in [0.717, 1.165) is 22.2 Å². The molecule has 0 atom stereocenters. The summed E-state index contributed by atoms with van der Waals surface area (Å²) >= 11 is 0. The number of benzene rings is 3. The number of nitrogens with one attached hydrogen (secondary N) is 3. The fraction of sp³-hybridized carbons (Fsp3) is 0. The number of urea groups is 1. The number of H-pyrrole nitrogens is 1. The number of rotatable bonds is 4. The molecule has 7 heteroatoms. The van der Waals surface area contributed by atoms with Crippen LogP contribution in [0, 0.1) is 0 Å². The lowest BCUT2D eigenvalue weighted by molar-refractivity contribution is 0.262. The highest BCUT2D eigenvalue weighted by Crippen LogP contribution is 2.26. The lowest BCUT2D eigenvalue weighted by Gasteiger charge is -2.08. The lowest BCUT2D eigenvalue weighted by atomic mass is 10.2. The molecule has 5 aromatic rings. The van der Waals surface area contributed by atoms with Crippen molar-refractivity contribution in [2.24, 2.45) is 0 Å². The Bertz CT molecular complexity index is 1290. The van der Waals surface area contributed by atoms with Gasteiger partial charge in [0.15, 0.2) is 0 Å². The van der Waals surface area contributed by atoms with Gasteiger partial charge in [0.05, 0.1) is 0 Å². The third-order valence-corrected chi connectivity index (χ3v) is 4.60. The highest BCUT2D eigenvalue weighted by atomic mass is 16.5. The monoisotopic (exact) mass is 395 g/mol. The molecular weight excluding hydrogens is 378 g/mol. The summed E-state index contributed by atoms with van der Waals surface area (Å²) in [6.07, 6.45) is 0. The van der Waals surface area contributed by atoms with Crippen LogP contribution in [-0.4, -0.2) is 21.2 Å². The Hall–Kier alpha value is -4.39. The molecule has 2 heterocycles. The molecule has 0 aliphatic rings. The van der Waals surface area contributed by atoms with Crippen LogP contribution in [0.4, 0.5) is 16.2 Å². The van der Waals surface area contributed by atoms with Gasteiger partial charge < -0.3 is 20.1 Å². The molecule has 146 valence electrons. The summed E-state index contributed by atoms with van der Waals surface area (Å²) in [7, 11) is 0. The summed E-state index contributed by atoms with van der Waals surface area (Å²) in [6.45, 7) is 0. The summed E-state index contributed by atoms with van der Waals surface area (Å²) in [5.74, 6) is 0.845. The molecule has 2 aromatic heterocycles. The molecule has 0 aliphatic carbocycles. The number of fused-ring (bicyclic) bond motifs is 1. The van der Waals surface area contributed by atoms with E-state index in [2.05, 4.69) is 25.8 Å². The number of nitrogens with zero attached hydrogens (tertiary/aromatic N) is 2. The maximum atomic E-state index is 12.2. The molecule has 2 amide bonds. The molecule has 0 bridgehead atoms. The molecular formula is C23H17N5O2. The molecule has 30 heavy (non-hydrogen) atoms. The zero-order chi connectivity index (χ0) is 20.3. The van der Waals surface area contributed by atoms with E-state index in [1.54, 1.807) is 12.1 Å². The van der Waals surface area contributed by atoms with Crippen molar-refractivity contribution in [2.75, 3.05) is 10.6 Å². The third-order valence-electron chi connectivity index (χ3n) is 4.60. The second-order valence-corrected chi connectivity index (χ2v) is 6.72. The van der Waals surface area contributed by atoms with Crippen LogP contribution in [0.15, 0.2) is 89.5 Å². The zero-order valence-corrected chi connectivity index (χ0v) is 15.8. The summed E-state index contributed by atoms with van der Waals surface area (Å²) in [5.41, 5.74) is 3.83. The van der Waals surface area contributed by atoms with Crippen LogP contribution in [0.1, 0.15) is 0 Å². The topological polar surface area (TPSA) is 95.8 Å². The van der Waals surface area contributed by atoms with E-state index < -0.39 is 0 Å². The van der Waals surface area contributed by atoms with Crippen molar-refractivity contribution in [3.05, 3.63) is 84.9 Å². The van der Waals surface area contributed by atoms with Crippen molar-refractivity contribution in [3.63, 3.8) is 0 Å². The summed E-state index contributed by atoms with van der Waals surface area (Å²) in [5, 5.41) is 10.8. The average Bonchev–Trinajstić information content (AvgIpc) is 3.42. The van der Waals surface area contributed by atoms with Crippen molar-refractivity contribution < 1.29 is 9.32 Å². The Balaban J connectivity index is 1.35. The molecule has 0 radical (unpaired) electrons. The first-order valence-corrected chi connectivity index (χ1v) is 9.40. The van der Waals surface area contributed by atoms with Gasteiger partial charge in [-0.05, 0) is 36.4 Å². The largest absolute Gasteiger partial charge is 0.351 e. The standard InChI is InChI=1S/C23H17N5O2/c29-23(24-17-9-2-1-3-10-17)25-18-11-6-8-16(13-18)21-27-22(30-28-21)20-14-15-7-4-5-12-19(15)26-20/h1-14,26H,(H2,24,25,29). The Labute approximate surface area is 171 Å². The third kappa shape index (κ3) is 3.64. The van der Waals surface area contributed by atoms with E-state index in [-0.39, 0.29) is 6.03 Å². The molecule has 0 saturated heterocycles. The van der Waals surface area contributed by atoms with E-state index in [0.29, 0.717) is 23.1 Å². The van der Waals surface area contributed by atoms with Gasteiger partial charge in [-0.1, -0.05) is 53.7 Å². The summed E-state index contributed by atoms with van der Waals surface area (Å²) < 4.78 is 5.44. The highest BCUT2D eigenvalue weighted by Gasteiger charge is 2.13. The van der Waals surface area contributed by atoms with Crippen molar-refractivity contribution in [1.29, 1.82) is 0 Å². The maximum absolute atomic E-state index is 12.2. The number of para-hydroxylation sites is 2. The van der Waals surface area contributed by atoms with E-state index in [1.807, 2.05) is 72.8 Å². The number of hydrogen-bond donors (Lipinski definition) is 3. The van der Waals surface area contributed by atoms with Crippen molar-refractivity contribution in [1.82, 2.24) is 15.1 Å². The van der Waals surface area contributed by atoms with Crippen LogP contribution in [0.2, 0.25) is 0 Å². The smallest absolute Gasteiger partial charge is 0.323 e. The maximum Gasteiger partial charge on any atom is 0.323 e. The van der Waals surface area contributed by atoms with Gasteiger partial charge in [0, 0.05) is 27.8 Å². The Morgan fingerprint density at radius 2 is 1.60 bits per heavy atom. The molecule has 0 fully saturated rings. The van der Waals surface area contributed by atoms with Crippen LogP contribution < -0.4 is 10.6 Å². The van der Waals surface area contributed by atoms with Crippen molar-refractivity contribution in [2.45, 2.75) is 0 Å². The van der Waals surface area contributed by atoms with Crippen LogP contribution in [0.5, 0.6) is 0 Å². The normalized spacial score (nSPS) is 10.8. The molecule has 3 N–H and O–H groups in total. The number of anilines is 2. The SMILES string of the molecule is O=C(Nc1ccccc1)Nc1cccc(-c2noc(-c3cc4ccccc4[nH]3)n2)c1. The fourth-order valence-corrected chi connectivity index (χ4v) is 3.19. The minimum atomic E-state index is -0.328. The Kier molecular flexibility index (Phi) is 4.46. The molecule has 0 aliphatic heterocycles. The van der Waals surface area contributed by atoms with E-state index in [1.165, 1.54) is 0 Å². The summed E-state index contributed by atoms with van der Waals surface area (Å²) in [6, 6.07) is 26.1. The number of aromatic nitrogens is 3. The molecule has 0 unspecified atom stereocenters. The minimum absolute atomic E-state index is 0.328. The predicted molar refractivity (Wildman–Crippen MR) is 116 cm³/mol. The van der Waals surface area contributed by atoms with Crippen LogP contribution in [0.3, 0.4) is 0 Å². The predicted octanol–water partition coefficient (Wildman–Crippen LogP) is 5.53. The van der Waals surface area contributed by atoms with Gasteiger partial charge >= 0.3 is 6.03 Å². The van der Waals surface area contributed by atoms with E-state index >= 15 is 0 Å². The number of aromatic amines is 1. The van der Waals surface area contributed by atoms with Gasteiger partial charge in [0.1, 0.15) is 5.69 Å². The van der Waals surface area contributed by atoms with Crippen LogP contribution in [-0.2, 0) is 0 Å². The Morgan fingerprint density at radius 3 is 2.47 bits per heavy atom. The molecule has 5 rings (SSSR count). The van der Waals surface area contributed by atoms with Crippen LogP contribution in [0.25, 0.3) is 33.9 Å². The molecule has 7 nitrogen and oxygen atoms in total.